The highest BCUT2D eigenvalue weighted by Crippen LogP contribution is 2.40. The third-order valence-corrected chi connectivity index (χ3v) is 2.00. The summed E-state index contributed by atoms with van der Waals surface area (Å²) >= 11 is 5.21. The first-order valence-corrected chi connectivity index (χ1v) is 3.81. The van der Waals surface area contributed by atoms with Crippen LogP contribution in [0.4, 0.5) is 0 Å². The summed E-state index contributed by atoms with van der Waals surface area (Å²) in [5.41, 5.74) is 0. The van der Waals surface area contributed by atoms with Gasteiger partial charge in [-0.2, -0.15) is 0 Å². The maximum Gasteiger partial charge on any atom is 0.302 e. The van der Waals surface area contributed by atoms with Gasteiger partial charge in [0.1, 0.15) is 0 Å². The van der Waals surface area contributed by atoms with Crippen LogP contribution >= 0.6 is 11.6 Å². The zero-order chi connectivity index (χ0) is 8.43. The number of halogens is 1. The van der Waals surface area contributed by atoms with Gasteiger partial charge < -0.3 is 4.74 Å². The lowest BCUT2D eigenvalue weighted by Gasteiger charge is -1.97. The molecule has 4 heteroatoms. The van der Waals surface area contributed by atoms with Gasteiger partial charge in [0.25, 0.3) is 0 Å². The second-order valence-corrected chi connectivity index (χ2v) is 3.08. The number of carbonyl (C=O) groups is 2. The quantitative estimate of drug-likeness (QED) is 0.475. The van der Waals surface area contributed by atoms with Gasteiger partial charge in [0.15, 0.2) is 0 Å². The average molecular weight is 177 g/mol. The summed E-state index contributed by atoms with van der Waals surface area (Å²) in [6.45, 7) is 1.68. The summed E-state index contributed by atoms with van der Waals surface area (Å²) < 4.78 is 4.70. The molecule has 0 spiro atoms. The normalized spacial score (nSPS) is 27.8. The molecule has 2 atom stereocenters. The van der Waals surface area contributed by atoms with Crippen LogP contribution < -0.4 is 0 Å². The zero-order valence-corrected chi connectivity index (χ0v) is 6.93. The molecule has 0 saturated heterocycles. The van der Waals surface area contributed by atoms with E-state index in [0.717, 1.165) is 6.42 Å². The Morgan fingerprint density at radius 1 is 1.64 bits per heavy atom. The number of ether oxygens (including phenoxy) is 1. The summed E-state index contributed by atoms with van der Waals surface area (Å²) in [6.07, 6.45) is 0.760. The van der Waals surface area contributed by atoms with E-state index in [1.54, 1.807) is 0 Å². The maximum atomic E-state index is 10.5. The van der Waals surface area contributed by atoms with Crippen LogP contribution in [0.5, 0.6) is 0 Å². The molecule has 62 valence electrons. The maximum absolute atomic E-state index is 10.5. The SMILES string of the molecule is CC(=O)OC[C@H]1C[C@@H]1C(=O)Cl. The Morgan fingerprint density at radius 3 is 2.64 bits per heavy atom. The predicted octanol–water partition coefficient (Wildman–Crippen LogP) is 0.951. The van der Waals surface area contributed by atoms with Gasteiger partial charge in [-0.25, -0.2) is 0 Å². The molecule has 0 unspecified atom stereocenters. The number of hydrogen-bond acceptors (Lipinski definition) is 3. The highest BCUT2D eigenvalue weighted by molar-refractivity contribution is 6.64. The van der Waals surface area contributed by atoms with Crippen molar-refractivity contribution in [2.24, 2.45) is 11.8 Å². The van der Waals surface area contributed by atoms with E-state index in [9.17, 15) is 9.59 Å². The van der Waals surface area contributed by atoms with E-state index in [1.165, 1.54) is 6.92 Å². The van der Waals surface area contributed by atoms with E-state index in [1.807, 2.05) is 0 Å². The average Bonchev–Trinajstić information content (AvgIpc) is 2.61. The van der Waals surface area contributed by atoms with Crippen molar-refractivity contribution in [3.05, 3.63) is 0 Å². The van der Waals surface area contributed by atoms with E-state index in [-0.39, 0.29) is 23.0 Å². The highest BCUT2D eigenvalue weighted by atomic mass is 35.5. The Morgan fingerprint density at radius 2 is 2.27 bits per heavy atom. The number of rotatable bonds is 3. The van der Waals surface area contributed by atoms with Crippen LogP contribution in [-0.2, 0) is 14.3 Å². The molecule has 0 radical (unpaired) electrons. The standard InChI is InChI=1S/C7H9ClO3/c1-4(9)11-3-5-2-6(5)7(8)10/h5-6H,2-3H2,1H3/t5-,6+/m1/s1. The van der Waals surface area contributed by atoms with Gasteiger partial charge in [0, 0.05) is 18.8 Å². The van der Waals surface area contributed by atoms with Crippen molar-refractivity contribution < 1.29 is 14.3 Å². The smallest absolute Gasteiger partial charge is 0.302 e. The van der Waals surface area contributed by atoms with Crippen molar-refractivity contribution in [2.75, 3.05) is 6.61 Å². The molecular formula is C7H9ClO3. The third kappa shape index (κ3) is 2.50. The lowest BCUT2D eigenvalue weighted by molar-refractivity contribution is -0.141. The van der Waals surface area contributed by atoms with Gasteiger partial charge in [0.05, 0.1) is 6.61 Å². The summed E-state index contributed by atoms with van der Waals surface area (Å²) in [7, 11) is 0. The topological polar surface area (TPSA) is 43.4 Å². The van der Waals surface area contributed by atoms with Gasteiger partial charge >= 0.3 is 5.97 Å². The van der Waals surface area contributed by atoms with Crippen LogP contribution in [0.15, 0.2) is 0 Å². The van der Waals surface area contributed by atoms with E-state index in [4.69, 9.17) is 16.3 Å². The molecular weight excluding hydrogens is 168 g/mol. The van der Waals surface area contributed by atoms with E-state index in [0.29, 0.717) is 6.61 Å². The predicted molar refractivity (Wildman–Crippen MR) is 39.1 cm³/mol. The van der Waals surface area contributed by atoms with E-state index in [2.05, 4.69) is 0 Å². The molecule has 1 saturated carbocycles. The van der Waals surface area contributed by atoms with Crippen molar-refractivity contribution in [3.8, 4) is 0 Å². The molecule has 0 heterocycles. The molecule has 0 N–H and O–H groups in total. The number of hydrogen-bond donors (Lipinski definition) is 0. The molecule has 0 aromatic carbocycles. The minimum Gasteiger partial charge on any atom is -0.466 e. The zero-order valence-electron chi connectivity index (χ0n) is 6.17. The van der Waals surface area contributed by atoms with Gasteiger partial charge in [-0.1, -0.05) is 0 Å². The summed E-state index contributed by atoms with van der Waals surface area (Å²) in [5.74, 6) is -0.211. The molecule has 11 heavy (non-hydrogen) atoms. The first-order valence-electron chi connectivity index (χ1n) is 3.44. The molecule has 0 aromatic rings. The van der Waals surface area contributed by atoms with Gasteiger partial charge in [0.2, 0.25) is 5.24 Å². The molecule has 0 aromatic heterocycles. The van der Waals surface area contributed by atoms with Crippen LogP contribution in [0.25, 0.3) is 0 Å². The fourth-order valence-corrected chi connectivity index (χ4v) is 1.20. The van der Waals surface area contributed by atoms with Crippen molar-refractivity contribution in [3.63, 3.8) is 0 Å². The molecule has 1 aliphatic carbocycles. The third-order valence-electron chi connectivity index (χ3n) is 1.71. The Kier molecular flexibility index (Phi) is 2.49. The van der Waals surface area contributed by atoms with Crippen molar-refractivity contribution in [1.82, 2.24) is 0 Å². The summed E-state index contributed by atoms with van der Waals surface area (Å²) in [4.78, 5) is 20.8. The number of esters is 1. The van der Waals surface area contributed by atoms with Gasteiger partial charge in [-0.15, -0.1) is 0 Å². The van der Waals surface area contributed by atoms with E-state index < -0.39 is 0 Å². The second kappa shape index (κ2) is 3.22. The first-order chi connectivity index (χ1) is 5.11. The molecule has 0 aliphatic heterocycles. The number of carbonyl (C=O) groups excluding carboxylic acids is 2. The van der Waals surface area contributed by atoms with Gasteiger partial charge in [-0.3, -0.25) is 9.59 Å². The molecule has 1 rings (SSSR count). The Balaban J connectivity index is 2.14. The lowest BCUT2D eigenvalue weighted by Crippen LogP contribution is -2.04. The fourth-order valence-electron chi connectivity index (χ4n) is 0.934. The van der Waals surface area contributed by atoms with Crippen molar-refractivity contribution in [2.45, 2.75) is 13.3 Å². The Hall–Kier alpha value is -0.570. The fraction of sp³-hybridized carbons (Fsp3) is 0.714. The molecule has 1 aliphatic rings. The van der Waals surface area contributed by atoms with Gasteiger partial charge in [-0.05, 0) is 18.0 Å². The monoisotopic (exact) mass is 176 g/mol. The summed E-state index contributed by atoms with van der Waals surface area (Å²) in [6, 6.07) is 0. The molecule has 0 amide bonds. The lowest BCUT2D eigenvalue weighted by atomic mass is 10.3. The Labute approximate surface area is 69.7 Å². The first kappa shape index (κ1) is 8.53. The van der Waals surface area contributed by atoms with Crippen LogP contribution in [0.1, 0.15) is 13.3 Å². The van der Waals surface area contributed by atoms with Crippen LogP contribution in [0, 0.1) is 11.8 Å². The second-order valence-electron chi connectivity index (χ2n) is 2.71. The largest absolute Gasteiger partial charge is 0.466 e. The van der Waals surface area contributed by atoms with Crippen LogP contribution in [-0.4, -0.2) is 17.8 Å². The molecule has 3 nitrogen and oxygen atoms in total. The molecule has 0 bridgehead atoms. The van der Waals surface area contributed by atoms with Crippen molar-refractivity contribution in [1.29, 1.82) is 0 Å². The summed E-state index contributed by atoms with van der Waals surface area (Å²) in [5, 5.41) is -0.317. The Bertz CT molecular complexity index is 190. The highest BCUT2D eigenvalue weighted by Gasteiger charge is 2.42. The molecule has 1 fully saturated rings. The minimum absolute atomic E-state index is 0.0731. The van der Waals surface area contributed by atoms with Crippen molar-refractivity contribution >= 4 is 22.8 Å². The van der Waals surface area contributed by atoms with Crippen LogP contribution in [0.3, 0.4) is 0 Å². The van der Waals surface area contributed by atoms with E-state index >= 15 is 0 Å². The van der Waals surface area contributed by atoms with Crippen LogP contribution in [0.2, 0.25) is 0 Å². The minimum atomic E-state index is -0.317.